The Kier molecular flexibility index (Phi) is 4.64. The van der Waals surface area contributed by atoms with E-state index < -0.39 is 5.82 Å². The highest BCUT2D eigenvalue weighted by Crippen LogP contribution is 2.32. The number of methoxy groups -OCH3 is 1. The molecule has 3 rings (SSSR count). The smallest absolute Gasteiger partial charge is 0.407 e. The summed E-state index contributed by atoms with van der Waals surface area (Å²) < 4.78 is 24.3. The van der Waals surface area contributed by atoms with Gasteiger partial charge in [0.05, 0.1) is 18.7 Å². The average molecular weight is 343 g/mol. The molecule has 1 amide bonds. The van der Waals surface area contributed by atoms with Crippen LogP contribution in [0.2, 0.25) is 5.02 Å². The van der Waals surface area contributed by atoms with E-state index >= 15 is 0 Å². The number of nitrogens with zero attached hydrogens (tertiary/aromatic N) is 1. The summed E-state index contributed by atoms with van der Waals surface area (Å²) in [6.45, 7) is 2.85. The molecule has 7 heteroatoms. The first-order chi connectivity index (χ1) is 11.0. The molecule has 2 saturated heterocycles. The number of rotatable bonds is 3. The van der Waals surface area contributed by atoms with Crippen LogP contribution in [0.4, 0.5) is 9.18 Å². The monoisotopic (exact) mass is 342 g/mol. The fourth-order valence-electron chi connectivity index (χ4n) is 3.32. The lowest BCUT2D eigenvalue weighted by atomic mass is 9.95. The standard InChI is InChI=1S/C16H20ClFN2O3/c1-22-14-12(17)7-11(8-13(14)18)9-20-5-2-3-16(4-6-20)10-19-15(21)23-16/h7-8H,2-6,9-10H2,1H3,(H,19,21)/t16-/m0/s1. The van der Waals surface area contributed by atoms with Crippen LogP contribution in [-0.2, 0) is 11.3 Å². The number of hydrogen-bond donors (Lipinski definition) is 1. The molecule has 0 bridgehead atoms. The van der Waals surface area contributed by atoms with E-state index in [1.807, 2.05) is 0 Å². The molecule has 2 fully saturated rings. The molecule has 1 aromatic rings. The van der Waals surface area contributed by atoms with Crippen LogP contribution in [0.5, 0.6) is 5.75 Å². The number of nitrogens with one attached hydrogen (secondary N) is 1. The number of benzene rings is 1. The van der Waals surface area contributed by atoms with Crippen LogP contribution in [0.25, 0.3) is 0 Å². The third-order valence-electron chi connectivity index (χ3n) is 4.52. The van der Waals surface area contributed by atoms with Crippen molar-refractivity contribution in [1.29, 1.82) is 0 Å². The number of likely N-dealkylation sites (tertiary alicyclic amines) is 1. The zero-order chi connectivity index (χ0) is 16.4. The molecule has 0 unspecified atom stereocenters. The van der Waals surface area contributed by atoms with Crippen molar-refractivity contribution < 1.29 is 18.7 Å². The van der Waals surface area contributed by atoms with Crippen molar-refractivity contribution in [1.82, 2.24) is 10.2 Å². The highest BCUT2D eigenvalue weighted by molar-refractivity contribution is 6.32. The van der Waals surface area contributed by atoms with Crippen molar-refractivity contribution in [2.24, 2.45) is 0 Å². The molecule has 2 aliphatic heterocycles. The summed E-state index contributed by atoms with van der Waals surface area (Å²) >= 11 is 6.05. The van der Waals surface area contributed by atoms with E-state index in [0.29, 0.717) is 13.1 Å². The highest BCUT2D eigenvalue weighted by Gasteiger charge is 2.41. The van der Waals surface area contributed by atoms with Gasteiger partial charge in [-0.05, 0) is 37.1 Å². The van der Waals surface area contributed by atoms with Crippen molar-refractivity contribution in [2.75, 3.05) is 26.7 Å². The molecule has 2 aliphatic rings. The van der Waals surface area contributed by atoms with Gasteiger partial charge in [0.15, 0.2) is 11.6 Å². The van der Waals surface area contributed by atoms with Gasteiger partial charge in [0.1, 0.15) is 5.60 Å². The summed E-state index contributed by atoms with van der Waals surface area (Å²) in [4.78, 5) is 13.6. The molecule has 1 aromatic carbocycles. The first-order valence-corrected chi connectivity index (χ1v) is 8.10. The topological polar surface area (TPSA) is 50.8 Å². The normalized spacial score (nSPS) is 25.1. The zero-order valence-corrected chi connectivity index (χ0v) is 13.8. The Hall–Kier alpha value is -1.53. The van der Waals surface area contributed by atoms with E-state index in [2.05, 4.69) is 10.2 Å². The highest BCUT2D eigenvalue weighted by atomic mass is 35.5. The van der Waals surface area contributed by atoms with Crippen LogP contribution in [0, 0.1) is 5.82 Å². The maximum absolute atomic E-state index is 13.9. The quantitative estimate of drug-likeness (QED) is 0.917. The van der Waals surface area contributed by atoms with Crippen molar-refractivity contribution >= 4 is 17.7 Å². The van der Waals surface area contributed by atoms with Gasteiger partial charge in [0, 0.05) is 19.5 Å². The minimum atomic E-state index is -0.449. The van der Waals surface area contributed by atoms with Gasteiger partial charge in [0.25, 0.3) is 0 Å². The number of halogens is 2. The second kappa shape index (κ2) is 6.53. The Morgan fingerprint density at radius 3 is 2.91 bits per heavy atom. The lowest BCUT2D eigenvalue weighted by molar-refractivity contribution is 0.0443. The number of carbonyl (C=O) groups is 1. The minimum Gasteiger partial charge on any atom is -0.492 e. The van der Waals surface area contributed by atoms with Gasteiger partial charge in [-0.15, -0.1) is 0 Å². The molecule has 0 aromatic heterocycles. The van der Waals surface area contributed by atoms with Gasteiger partial charge in [-0.1, -0.05) is 11.6 Å². The van der Waals surface area contributed by atoms with Crippen molar-refractivity contribution in [2.45, 2.75) is 31.4 Å². The molecule has 126 valence electrons. The Morgan fingerprint density at radius 2 is 2.26 bits per heavy atom. The summed E-state index contributed by atoms with van der Waals surface area (Å²) in [7, 11) is 1.40. The largest absolute Gasteiger partial charge is 0.492 e. The molecular formula is C16H20ClFN2O3. The van der Waals surface area contributed by atoms with Crippen LogP contribution in [0.15, 0.2) is 12.1 Å². The number of ether oxygens (including phenoxy) is 2. The maximum Gasteiger partial charge on any atom is 0.407 e. The predicted molar refractivity (Wildman–Crippen MR) is 84.3 cm³/mol. The van der Waals surface area contributed by atoms with Crippen molar-refractivity contribution in [3.05, 3.63) is 28.5 Å². The lowest BCUT2D eigenvalue weighted by Crippen LogP contribution is -2.34. The van der Waals surface area contributed by atoms with E-state index in [-0.39, 0.29) is 22.5 Å². The number of carbonyl (C=O) groups excluding carboxylic acids is 1. The van der Waals surface area contributed by atoms with Gasteiger partial charge < -0.3 is 14.8 Å². The molecule has 5 nitrogen and oxygen atoms in total. The van der Waals surface area contributed by atoms with E-state index in [0.717, 1.165) is 37.9 Å². The van der Waals surface area contributed by atoms with Crippen LogP contribution in [0.1, 0.15) is 24.8 Å². The fraction of sp³-hybridized carbons (Fsp3) is 0.562. The molecule has 0 radical (unpaired) electrons. The second-order valence-electron chi connectivity index (χ2n) is 6.15. The van der Waals surface area contributed by atoms with Crippen LogP contribution < -0.4 is 10.1 Å². The van der Waals surface area contributed by atoms with Crippen molar-refractivity contribution in [3.63, 3.8) is 0 Å². The Morgan fingerprint density at radius 1 is 1.43 bits per heavy atom. The number of alkyl carbamates (subject to hydrolysis) is 1. The average Bonchev–Trinajstić information content (AvgIpc) is 2.74. The fourth-order valence-corrected chi connectivity index (χ4v) is 3.63. The summed E-state index contributed by atoms with van der Waals surface area (Å²) in [6.07, 6.45) is 2.22. The first-order valence-electron chi connectivity index (χ1n) is 7.72. The Labute approximate surface area is 139 Å². The zero-order valence-electron chi connectivity index (χ0n) is 13.0. The van der Waals surface area contributed by atoms with E-state index in [1.165, 1.54) is 13.2 Å². The van der Waals surface area contributed by atoms with Crippen LogP contribution >= 0.6 is 11.6 Å². The first kappa shape index (κ1) is 16.3. The van der Waals surface area contributed by atoms with Gasteiger partial charge >= 0.3 is 6.09 Å². The summed E-state index contributed by atoms with van der Waals surface area (Å²) in [6, 6.07) is 3.20. The van der Waals surface area contributed by atoms with Crippen molar-refractivity contribution in [3.8, 4) is 5.75 Å². The molecule has 2 heterocycles. The van der Waals surface area contributed by atoms with Gasteiger partial charge in [-0.3, -0.25) is 4.90 Å². The number of hydrogen-bond acceptors (Lipinski definition) is 4. The van der Waals surface area contributed by atoms with Crippen LogP contribution in [-0.4, -0.2) is 43.3 Å². The summed E-state index contributed by atoms with van der Waals surface area (Å²) in [5.41, 5.74) is 0.431. The Balaban J connectivity index is 1.66. The number of amides is 1. The maximum atomic E-state index is 13.9. The molecule has 0 saturated carbocycles. The minimum absolute atomic E-state index is 0.0779. The molecule has 1 N–H and O–H groups in total. The molecule has 1 atom stereocenters. The predicted octanol–water partition coefficient (Wildman–Crippen LogP) is 2.95. The summed E-state index contributed by atoms with van der Waals surface area (Å²) in [5, 5.41) is 3.02. The van der Waals surface area contributed by atoms with Gasteiger partial charge in [0.2, 0.25) is 0 Å². The third kappa shape index (κ3) is 3.53. The Bertz CT molecular complexity index is 590. The molecular weight excluding hydrogens is 323 g/mol. The molecule has 23 heavy (non-hydrogen) atoms. The third-order valence-corrected chi connectivity index (χ3v) is 4.80. The van der Waals surface area contributed by atoms with E-state index in [9.17, 15) is 9.18 Å². The molecule has 0 aliphatic carbocycles. The van der Waals surface area contributed by atoms with Gasteiger partial charge in [-0.2, -0.15) is 0 Å². The second-order valence-corrected chi connectivity index (χ2v) is 6.56. The van der Waals surface area contributed by atoms with E-state index in [1.54, 1.807) is 6.07 Å². The van der Waals surface area contributed by atoms with Gasteiger partial charge in [-0.25, -0.2) is 9.18 Å². The molecule has 1 spiro atoms. The summed E-state index contributed by atoms with van der Waals surface area (Å²) in [5.74, 6) is -0.371. The van der Waals surface area contributed by atoms with E-state index in [4.69, 9.17) is 21.1 Å². The SMILES string of the molecule is COc1c(F)cc(CN2CCC[C@]3(CC2)CNC(=O)O3)cc1Cl. The van der Waals surface area contributed by atoms with Crippen LogP contribution in [0.3, 0.4) is 0 Å². The lowest BCUT2D eigenvalue weighted by Gasteiger charge is -2.25.